The van der Waals surface area contributed by atoms with Gasteiger partial charge in [0.2, 0.25) is 0 Å². The number of aliphatic carboxylic acids is 1. The van der Waals surface area contributed by atoms with Gasteiger partial charge in [0.05, 0.1) is 5.69 Å². The van der Waals surface area contributed by atoms with Crippen molar-refractivity contribution in [3.8, 4) is 11.3 Å². The molecule has 0 aliphatic heterocycles. The number of unbranched alkanes of at least 4 members (excludes halogenated alkanes) is 2. The quantitative estimate of drug-likeness (QED) is 0.691. The zero-order valence-corrected chi connectivity index (χ0v) is 14.1. The Morgan fingerprint density at radius 3 is 2.83 bits per heavy atom. The summed E-state index contributed by atoms with van der Waals surface area (Å²) in [6, 6.07) is 7.90. The molecule has 0 aliphatic carbocycles. The molecule has 0 saturated carbocycles. The van der Waals surface area contributed by atoms with Crippen LogP contribution in [-0.2, 0) is 11.2 Å². The van der Waals surface area contributed by atoms with E-state index in [-0.39, 0.29) is 5.82 Å². The van der Waals surface area contributed by atoms with Gasteiger partial charge in [0.25, 0.3) is 0 Å². The third kappa shape index (κ3) is 5.16. The van der Waals surface area contributed by atoms with E-state index in [9.17, 15) is 9.18 Å². The maximum atomic E-state index is 13.2. The predicted octanol–water partition coefficient (Wildman–Crippen LogP) is 3.33. The number of likely N-dealkylation sites (N-methyl/N-ethyl adjacent to an activating group) is 1. The van der Waals surface area contributed by atoms with Crippen molar-refractivity contribution in [1.82, 2.24) is 15.1 Å². The lowest BCUT2D eigenvalue weighted by molar-refractivity contribution is -0.142. The van der Waals surface area contributed by atoms with Gasteiger partial charge >= 0.3 is 5.97 Å². The molecule has 5 nitrogen and oxygen atoms in total. The van der Waals surface area contributed by atoms with Crippen molar-refractivity contribution < 1.29 is 14.3 Å². The highest BCUT2D eigenvalue weighted by Crippen LogP contribution is 2.19. The summed E-state index contributed by atoms with van der Waals surface area (Å²) in [7, 11) is 1.83. The van der Waals surface area contributed by atoms with Crippen LogP contribution in [0.15, 0.2) is 30.3 Å². The van der Waals surface area contributed by atoms with E-state index in [1.165, 1.54) is 12.1 Å². The van der Waals surface area contributed by atoms with Crippen LogP contribution in [0.2, 0.25) is 0 Å². The average molecular weight is 333 g/mol. The molecule has 1 aromatic heterocycles. The highest BCUT2D eigenvalue weighted by molar-refractivity contribution is 5.72. The van der Waals surface area contributed by atoms with Crippen LogP contribution in [0.4, 0.5) is 4.39 Å². The molecular weight excluding hydrogens is 309 g/mol. The number of nitrogens with one attached hydrogen (secondary N) is 1. The van der Waals surface area contributed by atoms with Gasteiger partial charge < -0.3 is 5.11 Å². The highest BCUT2D eigenvalue weighted by Gasteiger charge is 2.15. The van der Waals surface area contributed by atoms with E-state index >= 15 is 0 Å². The van der Waals surface area contributed by atoms with Crippen molar-refractivity contribution >= 4 is 5.97 Å². The standard InChI is InChI=1S/C18H24FN3O2/c1-13(18(23)24)22(2)10-5-3-4-9-16-12-17(21-20-16)14-7-6-8-15(19)11-14/h6-8,11-13H,3-5,9-10H2,1-2H3,(H,20,21)(H,23,24). The van der Waals surface area contributed by atoms with Crippen LogP contribution in [0, 0.1) is 5.82 Å². The number of aryl methyl sites for hydroxylation is 1. The number of carbonyl (C=O) groups is 1. The van der Waals surface area contributed by atoms with E-state index in [0.29, 0.717) is 0 Å². The van der Waals surface area contributed by atoms with Gasteiger partial charge in [-0.15, -0.1) is 0 Å². The number of H-pyrrole nitrogens is 1. The van der Waals surface area contributed by atoms with Gasteiger partial charge in [0.1, 0.15) is 11.9 Å². The minimum absolute atomic E-state index is 0.267. The summed E-state index contributed by atoms with van der Waals surface area (Å²) in [5, 5.41) is 16.2. The summed E-state index contributed by atoms with van der Waals surface area (Å²) in [4.78, 5) is 12.7. The number of aromatic nitrogens is 2. The number of carboxylic acid groups (broad SMARTS) is 1. The fourth-order valence-corrected chi connectivity index (χ4v) is 2.52. The van der Waals surface area contributed by atoms with Gasteiger partial charge in [0, 0.05) is 11.3 Å². The summed E-state index contributed by atoms with van der Waals surface area (Å²) in [6.45, 7) is 2.46. The zero-order valence-electron chi connectivity index (χ0n) is 14.1. The molecule has 130 valence electrons. The van der Waals surface area contributed by atoms with Crippen LogP contribution < -0.4 is 0 Å². The van der Waals surface area contributed by atoms with Crippen molar-refractivity contribution in [2.24, 2.45) is 0 Å². The zero-order chi connectivity index (χ0) is 17.5. The van der Waals surface area contributed by atoms with Crippen molar-refractivity contribution in [3.05, 3.63) is 41.8 Å². The van der Waals surface area contributed by atoms with Crippen LogP contribution in [0.1, 0.15) is 31.9 Å². The molecule has 2 rings (SSSR count). The molecule has 1 atom stereocenters. The number of aromatic amines is 1. The first kappa shape index (κ1) is 18.1. The largest absolute Gasteiger partial charge is 0.480 e. The molecule has 1 aromatic carbocycles. The third-order valence-electron chi connectivity index (χ3n) is 4.23. The summed E-state index contributed by atoms with van der Waals surface area (Å²) >= 11 is 0. The van der Waals surface area contributed by atoms with Crippen LogP contribution in [0.3, 0.4) is 0 Å². The molecule has 1 heterocycles. The Morgan fingerprint density at radius 2 is 2.12 bits per heavy atom. The van der Waals surface area contributed by atoms with Gasteiger partial charge in [0.15, 0.2) is 0 Å². The summed E-state index contributed by atoms with van der Waals surface area (Å²) in [6.07, 6.45) is 3.85. The van der Waals surface area contributed by atoms with E-state index in [0.717, 1.165) is 49.2 Å². The monoisotopic (exact) mass is 333 g/mol. The second kappa shape index (κ2) is 8.59. The fraction of sp³-hybridized carbons (Fsp3) is 0.444. The van der Waals surface area contributed by atoms with Crippen molar-refractivity contribution in [1.29, 1.82) is 0 Å². The first-order valence-electron chi connectivity index (χ1n) is 8.20. The number of halogens is 1. The molecule has 0 radical (unpaired) electrons. The van der Waals surface area contributed by atoms with E-state index < -0.39 is 12.0 Å². The first-order chi connectivity index (χ1) is 11.5. The first-order valence-corrected chi connectivity index (χ1v) is 8.20. The van der Waals surface area contributed by atoms with Crippen molar-refractivity contribution in [3.63, 3.8) is 0 Å². The molecule has 0 spiro atoms. The topological polar surface area (TPSA) is 69.2 Å². The Morgan fingerprint density at radius 1 is 1.33 bits per heavy atom. The number of rotatable bonds is 9. The maximum absolute atomic E-state index is 13.2. The Hall–Kier alpha value is -2.21. The van der Waals surface area contributed by atoms with Crippen LogP contribution in [0.25, 0.3) is 11.3 Å². The lowest BCUT2D eigenvalue weighted by Crippen LogP contribution is -2.36. The lowest BCUT2D eigenvalue weighted by atomic mass is 10.1. The van der Waals surface area contributed by atoms with Crippen molar-refractivity contribution in [2.45, 2.75) is 38.6 Å². The molecule has 2 N–H and O–H groups in total. The van der Waals surface area contributed by atoms with Crippen LogP contribution in [0.5, 0.6) is 0 Å². The Balaban J connectivity index is 1.73. The number of nitrogens with zero attached hydrogens (tertiary/aromatic N) is 2. The minimum atomic E-state index is -0.792. The highest BCUT2D eigenvalue weighted by atomic mass is 19.1. The molecule has 0 amide bonds. The molecule has 1 unspecified atom stereocenters. The summed E-state index contributed by atoms with van der Waals surface area (Å²) in [5.74, 6) is -1.06. The minimum Gasteiger partial charge on any atom is -0.480 e. The molecule has 0 bridgehead atoms. The number of hydrogen-bond donors (Lipinski definition) is 2. The Labute approximate surface area is 141 Å². The lowest BCUT2D eigenvalue weighted by Gasteiger charge is -2.20. The average Bonchev–Trinajstić information content (AvgIpc) is 3.02. The molecule has 0 saturated heterocycles. The third-order valence-corrected chi connectivity index (χ3v) is 4.23. The Kier molecular flexibility index (Phi) is 6.49. The molecule has 6 heteroatoms. The number of carboxylic acids is 1. The second-order valence-corrected chi connectivity index (χ2v) is 6.09. The SMILES string of the molecule is CC(C(=O)O)N(C)CCCCCc1cc(-c2cccc(F)c2)n[nH]1. The second-order valence-electron chi connectivity index (χ2n) is 6.09. The molecule has 0 fully saturated rings. The Bertz CT molecular complexity index is 672. The number of hydrogen-bond acceptors (Lipinski definition) is 3. The fourth-order valence-electron chi connectivity index (χ4n) is 2.52. The van der Waals surface area contributed by atoms with Crippen molar-refractivity contribution in [2.75, 3.05) is 13.6 Å². The van der Waals surface area contributed by atoms with Crippen LogP contribution in [-0.4, -0.2) is 45.8 Å². The van der Waals surface area contributed by atoms with Gasteiger partial charge in [-0.25, -0.2) is 4.39 Å². The molecule has 2 aromatic rings. The number of benzene rings is 1. The molecule has 0 aliphatic rings. The van der Waals surface area contributed by atoms with E-state index in [2.05, 4.69) is 10.2 Å². The molecular formula is C18H24FN3O2. The predicted molar refractivity (Wildman–Crippen MR) is 91.3 cm³/mol. The van der Waals surface area contributed by atoms with Gasteiger partial charge in [-0.05, 0) is 58.0 Å². The van der Waals surface area contributed by atoms with Gasteiger partial charge in [-0.3, -0.25) is 14.8 Å². The van der Waals surface area contributed by atoms with Gasteiger partial charge in [-0.1, -0.05) is 18.6 Å². The van der Waals surface area contributed by atoms with E-state index in [1.54, 1.807) is 13.0 Å². The van der Waals surface area contributed by atoms with Crippen LogP contribution >= 0.6 is 0 Å². The molecule has 24 heavy (non-hydrogen) atoms. The van der Waals surface area contributed by atoms with E-state index in [1.807, 2.05) is 24.1 Å². The smallest absolute Gasteiger partial charge is 0.320 e. The summed E-state index contributed by atoms with van der Waals surface area (Å²) < 4.78 is 13.2. The maximum Gasteiger partial charge on any atom is 0.320 e. The van der Waals surface area contributed by atoms with E-state index in [4.69, 9.17) is 5.11 Å². The summed E-state index contributed by atoms with van der Waals surface area (Å²) in [5.41, 5.74) is 2.54. The normalized spacial score (nSPS) is 12.5. The van der Waals surface area contributed by atoms with Gasteiger partial charge in [-0.2, -0.15) is 5.10 Å².